The molecule has 1 saturated carbocycles. The van der Waals surface area contributed by atoms with Crippen LogP contribution in [0.15, 0.2) is 53.5 Å². The summed E-state index contributed by atoms with van der Waals surface area (Å²) in [5, 5.41) is 8.05. The molecule has 246 valence electrons. The number of hydrogen-bond donors (Lipinski definition) is 2. The molecule has 1 saturated heterocycles. The third-order valence-electron chi connectivity index (χ3n) is 9.12. The van der Waals surface area contributed by atoms with E-state index in [1.54, 1.807) is 31.5 Å². The van der Waals surface area contributed by atoms with Gasteiger partial charge in [-0.15, -0.1) is 0 Å². The second kappa shape index (κ2) is 12.3. The molecule has 1 amide bonds. The number of hydrogen-bond acceptors (Lipinski definition) is 8. The lowest BCUT2D eigenvalue weighted by atomic mass is 9.95. The van der Waals surface area contributed by atoms with Gasteiger partial charge in [0.25, 0.3) is 0 Å². The molecule has 0 bridgehead atoms. The van der Waals surface area contributed by atoms with Crippen molar-refractivity contribution in [3.8, 4) is 17.2 Å². The number of nitrogens with zero attached hydrogens (tertiary/aromatic N) is 2. The molecule has 0 radical (unpaired) electrons. The van der Waals surface area contributed by atoms with E-state index in [9.17, 15) is 14.4 Å². The summed E-state index contributed by atoms with van der Waals surface area (Å²) in [6.07, 6.45) is 2.51. The van der Waals surface area contributed by atoms with Crippen LogP contribution in [0.1, 0.15) is 50.4 Å². The molecular formula is C36H39FN4O6. The standard InChI is InChI=1S/C36H39FN4O6/c1-36(2,3)47-35(44)39-24-9-8-23(16-24)32(42)26-20-41-28-17-21-6-4-5-7-22(21)18-29(28)46-34-30(27(37)19-25(31(34)41)33(26)43)38-10-11-40-12-14-45-15-13-40/h4-7,17-20,23-24,38H,8-16H2,1-3H3,(H,39,44)/t23?,24-/m1/s1. The highest BCUT2D eigenvalue weighted by molar-refractivity contribution is 6.03. The van der Waals surface area contributed by atoms with Crippen LogP contribution in [0.25, 0.3) is 27.4 Å². The van der Waals surface area contributed by atoms with E-state index in [2.05, 4.69) is 15.5 Å². The first-order chi connectivity index (χ1) is 22.6. The molecule has 2 fully saturated rings. The number of pyridine rings is 1. The molecule has 7 rings (SSSR count). The number of ketones is 1. The van der Waals surface area contributed by atoms with Gasteiger partial charge >= 0.3 is 6.09 Å². The van der Waals surface area contributed by atoms with Crippen molar-refractivity contribution in [1.82, 2.24) is 14.8 Å². The van der Waals surface area contributed by atoms with Crippen LogP contribution in [0.4, 0.5) is 14.9 Å². The summed E-state index contributed by atoms with van der Waals surface area (Å²) in [6.45, 7) is 9.46. The Bertz CT molecular complexity index is 1940. The summed E-state index contributed by atoms with van der Waals surface area (Å²) in [6, 6.07) is 12.6. The van der Waals surface area contributed by atoms with Crippen molar-refractivity contribution >= 4 is 39.2 Å². The van der Waals surface area contributed by atoms with Gasteiger partial charge in [-0.05, 0) is 69.0 Å². The zero-order chi connectivity index (χ0) is 32.9. The summed E-state index contributed by atoms with van der Waals surface area (Å²) in [4.78, 5) is 42.6. The van der Waals surface area contributed by atoms with Gasteiger partial charge in [0.05, 0.1) is 29.9 Å². The molecule has 47 heavy (non-hydrogen) atoms. The Balaban J connectivity index is 1.26. The lowest BCUT2D eigenvalue weighted by Crippen LogP contribution is -2.39. The Morgan fingerprint density at radius 1 is 1.06 bits per heavy atom. The fraction of sp³-hybridized carbons (Fsp3) is 0.417. The van der Waals surface area contributed by atoms with Crippen molar-refractivity contribution in [2.24, 2.45) is 5.92 Å². The average molecular weight is 643 g/mol. The SMILES string of the molecule is CC(C)(C)OC(=O)N[C@@H]1CCC(C(=O)c2cn3c4c(c(NCCN5CCOCC5)c(F)cc4c2=O)Oc2cc4ccccc4cc2-3)C1. The number of Topliss-reactive ketones (excluding diaryl/α,β-unsaturated/α-hetero) is 1. The lowest BCUT2D eigenvalue weighted by molar-refractivity contribution is 0.0398. The predicted molar refractivity (Wildman–Crippen MR) is 178 cm³/mol. The van der Waals surface area contributed by atoms with E-state index in [1.165, 1.54) is 6.07 Å². The second-order valence-corrected chi connectivity index (χ2v) is 13.6. The van der Waals surface area contributed by atoms with Crippen molar-refractivity contribution in [2.75, 3.05) is 44.7 Å². The van der Waals surface area contributed by atoms with E-state index in [0.717, 1.165) is 23.9 Å². The molecule has 2 aliphatic heterocycles. The van der Waals surface area contributed by atoms with Gasteiger partial charge in [-0.2, -0.15) is 0 Å². The van der Waals surface area contributed by atoms with Gasteiger partial charge in [0.1, 0.15) is 16.8 Å². The monoisotopic (exact) mass is 642 g/mol. The van der Waals surface area contributed by atoms with Crippen LogP contribution in [0.5, 0.6) is 11.5 Å². The maximum absolute atomic E-state index is 16.0. The molecule has 2 N–H and O–H groups in total. The average Bonchev–Trinajstić information content (AvgIpc) is 3.50. The number of nitrogens with one attached hydrogen (secondary N) is 2. The summed E-state index contributed by atoms with van der Waals surface area (Å²) >= 11 is 0. The second-order valence-electron chi connectivity index (χ2n) is 13.6. The molecule has 1 aromatic heterocycles. The Labute approximate surface area is 271 Å². The number of morpholine rings is 1. The van der Waals surface area contributed by atoms with Gasteiger partial charge in [0, 0.05) is 44.3 Å². The van der Waals surface area contributed by atoms with Gasteiger partial charge in [0.2, 0.25) is 0 Å². The predicted octanol–water partition coefficient (Wildman–Crippen LogP) is 6.01. The first-order valence-electron chi connectivity index (χ1n) is 16.3. The molecule has 10 nitrogen and oxygen atoms in total. The molecule has 1 unspecified atom stereocenters. The Morgan fingerprint density at radius 3 is 2.55 bits per heavy atom. The number of fused-ring (bicyclic) bond motifs is 3. The van der Waals surface area contributed by atoms with Crippen LogP contribution in [-0.2, 0) is 9.47 Å². The highest BCUT2D eigenvalue weighted by Gasteiger charge is 2.35. The minimum Gasteiger partial charge on any atom is -0.451 e. The lowest BCUT2D eigenvalue weighted by Gasteiger charge is -2.28. The van der Waals surface area contributed by atoms with Crippen LogP contribution in [0, 0.1) is 11.7 Å². The molecule has 3 aromatic carbocycles. The smallest absolute Gasteiger partial charge is 0.407 e. The first kappa shape index (κ1) is 31.1. The topological polar surface area (TPSA) is 111 Å². The molecule has 4 aromatic rings. The molecular weight excluding hydrogens is 603 g/mol. The molecule has 2 atom stereocenters. The van der Waals surface area contributed by atoms with E-state index < -0.39 is 28.9 Å². The number of carbonyl (C=O) groups excluding carboxylic acids is 2. The molecule has 3 heterocycles. The highest BCUT2D eigenvalue weighted by Crippen LogP contribution is 2.46. The van der Waals surface area contributed by atoms with E-state index in [4.69, 9.17) is 14.2 Å². The Hall–Kier alpha value is -4.48. The van der Waals surface area contributed by atoms with E-state index in [1.807, 2.05) is 36.4 Å². The van der Waals surface area contributed by atoms with Crippen molar-refractivity contribution in [3.63, 3.8) is 0 Å². The minimum atomic E-state index is -0.642. The van der Waals surface area contributed by atoms with E-state index in [0.29, 0.717) is 62.5 Å². The van der Waals surface area contributed by atoms with Gasteiger partial charge in [-0.3, -0.25) is 14.5 Å². The third kappa shape index (κ3) is 6.17. The fourth-order valence-corrected chi connectivity index (χ4v) is 6.85. The number of aromatic nitrogens is 1. The number of carbonyl (C=O) groups is 2. The number of anilines is 1. The number of benzene rings is 3. The molecule has 3 aliphatic rings. The van der Waals surface area contributed by atoms with E-state index in [-0.39, 0.29) is 34.2 Å². The van der Waals surface area contributed by atoms with Crippen molar-refractivity contribution < 1.29 is 28.2 Å². The molecule has 11 heteroatoms. The van der Waals surface area contributed by atoms with Crippen molar-refractivity contribution in [1.29, 1.82) is 0 Å². The molecule has 0 spiro atoms. The number of alkyl carbamates (subject to hydrolysis) is 1. The zero-order valence-electron chi connectivity index (χ0n) is 26.9. The fourth-order valence-electron chi connectivity index (χ4n) is 6.85. The summed E-state index contributed by atoms with van der Waals surface area (Å²) in [5.41, 5.74) is 0.0232. The summed E-state index contributed by atoms with van der Waals surface area (Å²) in [5.74, 6) is -0.728. The van der Waals surface area contributed by atoms with Gasteiger partial charge in [0.15, 0.2) is 28.5 Å². The van der Waals surface area contributed by atoms with Gasteiger partial charge < -0.3 is 29.4 Å². The highest BCUT2D eigenvalue weighted by atomic mass is 19.1. The summed E-state index contributed by atoms with van der Waals surface area (Å²) < 4.78 is 35.0. The number of rotatable bonds is 7. The normalized spacial score (nSPS) is 19.3. The van der Waals surface area contributed by atoms with Crippen LogP contribution in [-0.4, -0.2) is 72.4 Å². The zero-order valence-corrected chi connectivity index (χ0v) is 26.9. The van der Waals surface area contributed by atoms with E-state index >= 15 is 4.39 Å². The van der Waals surface area contributed by atoms with Crippen LogP contribution >= 0.6 is 0 Å². The van der Waals surface area contributed by atoms with Crippen LogP contribution in [0.2, 0.25) is 0 Å². The Morgan fingerprint density at radius 2 is 1.81 bits per heavy atom. The molecule has 1 aliphatic carbocycles. The Kier molecular flexibility index (Phi) is 8.13. The quantitative estimate of drug-likeness (QED) is 0.208. The van der Waals surface area contributed by atoms with Crippen LogP contribution < -0.4 is 20.8 Å². The number of halogens is 1. The van der Waals surface area contributed by atoms with Gasteiger partial charge in [-0.25, -0.2) is 9.18 Å². The number of amides is 1. The maximum Gasteiger partial charge on any atom is 0.407 e. The largest absolute Gasteiger partial charge is 0.451 e. The van der Waals surface area contributed by atoms with Crippen molar-refractivity contribution in [2.45, 2.75) is 51.7 Å². The third-order valence-corrected chi connectivity index (χ3v) is 9.12. The van der Waals surface area contributed by atoms with Crippen LogP contribution in [0.3, 0.4) is 0 Å². The minimum absolute atomic E-state index is 0.0141. The summed E-state index contributed by atoms with van der Waals surface area (Å²) in [7, 11) is 0. The van der Waals surface area contributed by atoms with Crippen molar-refractivity contribution in [3.05, 3.63) is 70.3 Å². The maximum atomic E-state index is 16.0. The number of ether oxygens (including phenoxy) is 3. The van der Waals surface area contributed by atoms with Gasteiger partial charge in [-0.1, -0.05) is 24.3 Å². The first-order valence-corrected chi connectivity index (χ1v) is 16.3.